The molecule has 3 heterocycles. The van der Waals surface area contributed by atoms with Crippen molar-refractivity contribution >= 4 is 56.6 Å². The molecular weight excluding hydrogens is 390 g/mol. The lowest BCUT2D eigenvalue weighted by Gasteiger charge is -2.13. The van der Waals surface area contributed by atoms with Gasteiger partial charge in [0.25, 0.3) is 5.91 Å². The Morgan fingerprint density at radius 2 is 1.82 bits per heavy atom. The van der Waals surface area contributed by atoms with E-state index in [9.17, 15) is 4.79 Å². The maximum Gasteiger partial charge on any atom is 0.281 e. The zero-order valence-corrected chi connectivity index (χ0v) is 16.1. The first-order valence-electron chi connectivity index (χ1n) is 8.57. The van der Waals surface area contributed by atoms with Gasteiger partial charge in [0.1, 0.15) is 11.5 Å². The van der Waals surface area contributed by atoms with Gasteiger partial charge in [-0.3, -0.25) is 9.69 Å². The molecule has 2 aromatic carbocycles. The highest BCUT2D eigenvalue weighted by atomic mass is 32.1. The maximum atomic E-state index is 12.8. The number of furan rings is 1. The molecule has 136 valence electrons. The molecule has 0 radical (unpaired) electrons. The van der Waals surface area contributed by atoms with E-state index in [2.05, 4.69) is 10.3 Å². The van der Waals surface area contributed by atoms with Crippen molar-refractivity contribution in [3.63, 3.8) is 0 Å². The lowest BCUT2D eigenvalue weighted by molar-refractivity contribution is -0.113. The average Bonchev–Trinajstić information content (AvgIpc) is 3.40. The first-order valence-corrected chi connectivity index (χ1v) is 9.79. The van der Waals surface area contributed by atoms with E-state index in [4.69, 9.17) is 16.6 Å². The van der Waals surface area contributed by atoms with E-state index in [0.717, 1.165) is 20.9 Å². The third-order valence-electron chi connectivity index (χ3n) is 4.31. The summed E-state index contributed by atoms with van der Waals surface area (Å²) in [5.41, 5.74) is 2.04. The second kappa shape index (κ2) is 6.70. The minimum Gasteiger partial charge on any atom is -0.454 e. The SMILES string of the molecule is O=C1/C(=C/c2ccc(-c3nc4ccccc4s3)o2)NC(=S)N1c1ccccc1. The van der Waals surface area contributed by atoms with E-state index in [1.807, 2.05) is 66.7 Å². The summed E-state index contributed by atoms with van der Waals surface area (Å²) >= 11 is 6.89. The summed E-state index contributed by atoms with van der Waals surface area (Å²) in [6.07, 6.45) is 1.66. The fourth-order valence-electron chi connectivity index (χ4n) is 3.01. The predicted octanol–water partition coefficient (Wildman–Crippen LogP) is 4.82. The molecule has 0 spiro atoms. The van der Waals surface area contributed by atoms with Crippen LogP contribution in [-0.2, 0) is 4.79 Å². The Morgan fingerprint density at radius 3 is 2.64 bits per heavy atom. The molecule has 4 aromatic rings. The minimum atomic E-state index is -0.214. The van der Waals surface area contributed by atoms with Gasteiger partial charge < -0.3 is 9.73 Å². The number of nitrogens with one attached hydrogen (secondary N) is 1. The van der Waals surface area contributed by atoms with Crippen LogP contribution in [0.4, 0.5) is 5.69 Å². The summed E-state index contributed by atoms with van der Waals surface area (Å²) in [7, 11) is 0. The normalized spacial score (nSPS) is 15.6. The first-order chi connectivity index (χ1) is 13.7. The second-order valence-electron chi connectivity index (χ2n) is 6.15. The number of aromatic nitrogens is 1. The third-order valence-corrected chi connectivity index (χ3v) is 5.65. The van der Waals surface area contributed by atoms with Gasteiger partial charge in [-0.15, -0.1) is 11.3 Å². The van der Waals surface area contributed by atoms with Crippen LogP contribution in [-0.4, -0.2) is 16.0 Å². The monoisotopic (exact) mass is 403 g/mol. The highest BCUT2D eigenvalue weighted by Crippen LogP contribution is 2.32. The number of hydrogen-bond acceptors (Lipinski definition) is 5. The Hall–Kier alpha value is -3.29. The summed E-state index contributed by atoms with van der Waals surface area (Å²) < 4.78 is 7.01. The van der Waals surface area contributed by atoms with Crippen molar-refractivity contribution in [1.29, 1.82) is 0 Å². The number of hydrogen-bond donors (Lipinski definition) is 1. The Kier molecular flexibility index (Phi) is 4.03. The number of thiazole rings is 1. The number of benzene rings is 2. The van der Waals surface area contributed by atoms with Gasteiger partial charge in [0.05, 0.1) is 15.9 Å². The molecule has 0 atom stereocenters. The number of rotatable bonds is 3. The number of thiocarbonyl (C=S) groups is 1. The number of nitrogens with zero attached hydrogens (tertiary/aromatic N) is 2. The molecule has 1 fully saturated rings. The molecule has 28 heavy (non-hydrogen) atoms. The Morgan fingerprint density at radius 1 is 1.04 bits per heavy atom. The molecule has 1 aliphatic rings. The molecule has 0 saturated carbocycles. The van der Waals surface area contributed by atoms with Crippen molar-refractivity contribution in [3.8, 4) is 10.8 Å². The van der Waals surface area contributed by atoms with Crippen LogP contribution in [0.5, 0.6) is 0 Å². The number of anilines is 1. The summed E-state index contributed by atoms with van der Waals surface area (Å²) in [6.45, 7) is 0. The largest absolute Gasteiger partial charge is 0.454 e. The highest BCUT2D eigenvalue weighted by molar-refractivity contribution is 7.80. The lowest BCUT2D eigenvalue weighted by atomic mass is 10.3. The molecule has 0 bridgehead atoms. The molecule has 7 heteroatoms. The quantitative estimate of drug-likeness (QED) is 0.393. The molecule has 2 aromatic heterocycles. The topological polar surface area (TPSA) is 58.4 Å². The molecule has 1 amide bonds. The van der Waals surface area contributed by atoms with Crippen LogP contribution in [0.1, 0.15) is 5.76 Å². The van der Waals surface area contributed by atoms with E-state index < -0.39 is 0 Å². The van der Waals surface area contributed by atoms with Gasteiger partial charge in [-0.2, -0.15) is 0 Å². The van der Waals surface area contributed by atoms with Gasteiger partial charge in [0.2, 0.25) is 0 Å². The van der Waals surface area contributed by atoms with Gasteiger partial charge >= 0.3 is 0 Å². The Bertz CT molecular complexity index is 1210. The van der Waals surface area contributed by atoms with E-state index in [0.29, 0.717) is 22.3 Å². The molecule has 1 N–H and O–H groups in total. The zero-order valence-electron chi connectivity index (χ0n) is 14.5. The fourth-order valence-corrected chi connectivity index (χ4v) is 4.24. The predicted molar refractivity (Wildman–Crippen MR) is 115 cm³/mol. The smallest absolute Gasteiger partial charge is 0.281 e. The molecule has 5 nitrogen and oxygen atoms in total. The second-order valence-corrected chi connectivity index (χ2v) is 7.57. The van der Waals surface area contributed by atoms with E-state index in [1.165, 1.54) is 4.90 Å². The number of amides is 1. The van der Waals surface area contributed by atoms with Gasteiger partial charge in [-0.25, -0.2) is 4.98 Å². The van der Waals surface area contributed by atoms with E-state index in [1.54, 1.807) is 17.4 Å². The molecule has 1 aliphatic heterocycles. The number of para-hydroxylation sites is 2. The van der Waals surface area contributed by atoms with Gasteiger partial charge in [-0.05, 0) is 48.6 Å². The van der Waals surface area contributed by atoms with Crippen LogP contribution in [0.15, 0.2) is 76.8 Å². The van der Waals surface area contributed by atoms with E-state index in [-0.39, 0.29) is 5.91 Å². The highest BCUT2D eigenvalue weighted by Gasteiger charge is 2.32. The minimum absolute atomic E-state index is 0.214. The van der Waals surface area contributed by atoms with E-state index >= 15 is 0 Å². The zero-order chi connectivity index (χ0) is 19.1. The average molecular weight is 403 g/mol. The van der Waals surface area contributed by atoms with Crippen LogP contribution < -0.4 is 10.2 Å². The molecule has 0 unspecified atom stereocenters. The molecular formula is C21H13N3O2S2. The van der Waals surface area contributed by atoms with Crippen LogP contribution in [0.3, 0.4) is 0 Å². The first kappa shape index (κ1) is 16.9. The fraction of sp³-hybridized carbons (Fsp3) is 0. The maximum absolute atomic E-state index is 12.8. The van der Waals surface area contributed by atoms with Gasteiger partial charge in [-0.1, -0.05) is 30.3 Å². The van der Waals surface area contributed by atoms with Gasteiger partial charge in [0, 0.05) is 6.08 Å². The Labute approximate surface area is 169 Å². The summed E-state index contributed by atoms with van der Waals surface area (Å²) in [4.78, 5) is 18.8. The van der Waals surface area contributed by atoms with Crippen LogP contribution in [0, 0.1) is 0 Å². The number of carbonyl (C=O) groups is 1. The summed E-state index contributed by atoms with van der Waals surface area (Å²) in [5.74, 6) is 1.01. The summed E-state index contributed by atoms with van der Waals surface area (Å²) in [6, 6.07) is 20.9. The Balaban J connectivity index is 1.44. The molecule has 1 saturated heterocycles. The van der Waals surface area contributed by atoms with Crippen LogP contribution >= 0.6 is 23.6 Å². The van der Waals surface area contributed by atoms with Crippen molar-refractivity contribution in [3.05, 3.63) is 78.2 Å². The standard InChI is InChI=1S/C21H13N3O2S2/c25-20-16(23-21(27)24(20)13-6-2-1-3-7-13)12-14-10-11-17(26-14)19-22-15-8-4-5-9-18(15)28-19/h1-12H,(H,23,27)/b16-12-. The van der Waals surface area contributed by atoms with Crippen molar-refractivity contribution in [2.45, 2.75) is 0 Å². The molecule has 5 rings (SSSR count). The molecule has 0 aliphatic carbocycles. The summed E-state index contributed by atoms with van der Waals surface area (Å²) in [5, 5.41) is 4.12. The lowest BCUT2D eigenvalue weighted by Crippen LogP contribution is -2.30. The van der Waals surface area contributed by atoms with Crippen molar-refractivity contribution in [2.75, 3.05) is 4.90 Å². The van der Waals surface area contributed by atoms with Crippen molar-refractivity contribution in [1.82, 2.24) is 10.3 Å². The van der Waals surface area contributed by atoms with Crippen molar-refractivity contribution in [2.24, 2.45) is 0 Å². The van der Waals surface area contributed by atoms with Gasteiger partial charge in [0.15, 0.2) is 15.9 Å². The van der Waals surface area contributed by atoms with Crippen LogP contribution in [0.2, 0.25) is 0 Å². The van der Waals surface area contributed by atoms with Crippen LogP contribution in [0.25, 0.3) is 27.1 Å². The number of carbonyl (C=O) groups excluding carboxylic acids is 1. The third kappa shape index (κ3) is 2.90. The number of fused-ring (bicyclic) bond motifs is 1. The van der Waals surface area contributed by atoms with Crippen molar-refractivity contribution < 1.29 is 9.21 Å².